The van der Waals surface area contributed by atoms with Gasteiger partial charge < -0.3 is 10.2 Å². The van der Waals surface area contributed by atoms with Gasteiger partial charge in [-0.3, -0.25) is 9.59 Å². The molecule has 5 heteroatoms. The molecule has 1 aliphatic rings. The SMILES string of the molecule is CCN(CC)c1ccc(NC2=C(c3ccc(C)c(C)c3)C(=O)N(c3ccccc3C)C2=O)cc1. The molecule has 0 fully saturated rings. The van der Waals surface area contributed by atoms with Gasteiger partial charge in [0.2, 0.25) is 0 Å². The third-order valence-electron chi connectivity index (χ3n) is 6.50. The van der Waals surface area contributed by atoms with Crippen molar-refractivity contribution in [2.75, 3.05) is 28.2 Å². The number of para-hydroxylation sites is 1. The number of imide groups is 1. The van der Waals surface area contributed by atoms with E-state index in [2.05, 4.69) is 24.1 Å². The summed E-state index contributed by atoms with van der Waals surface area (Å²) in [7, 11) is 0. The quantitative estimate of drug-likeness (QED) is 0.456. The van der Waals surface area contributed by atoms with Gasteiger partial charge in [-0.15, -0.1) is 0 Å². The van der Waals surface area contributed by atoms with E-state index in [9.17, 15) is 9.59 Å². The van der Waals surface area contributed by atoms with Crippen molar-refractivity contribution >= 4 is 34.4 Å². The summed E-state index contributed by atoms with van der Waals surface area (Å²) in [6.45, 7) is 12.0. The first kappa shape index (κ1) is 23.3. The Kier molecular flexibility index (Phi) is 6.55. The van der Waals surface area contributed by atoms with Crippen molar-refractivity contribution in [3.63, 3.8) is 0 Å². The molecule has 0 spiro atoms. The van der Waals surface area contributed by atoms with Crippen molar-refractivity contribution in [1.82, 2.24) is 0 Å². The van der Waals surface area contributed by atoms with Gasteiger partial charge in [0.25, 0.3) is 11.8 Å². The normalized spacial score (nSPS) is 13.6. The van der Waals surface area contributed by atoms with Crippen LogP contribution in [0.25, 0.3) is 5.57 Å². The van der Waals surface area contributed by atoms with Crippen LogP contribution in [0.5, 0.6) is 0 Å². The van der Waals surface area contributed by atoms with Crippen molar-refractivity contribution in [2.45, 2.75) is 34.6 Å². The molecule has 1 aliphatic heterocycles. The van der Waals surface area contributed by atoms with E-state index >= 15 is 0 Å². The molecular formula is C29H31N3O2. The molecule has 0 aliphatic carbocycles. The first-order chi connectivity index (χ1) is 16.3. The lowest BCUT2D eigenvalue weighted by Crippen LogP contribution is -2.33. The van der Waals surface area contributed by atoms with Crippen molar-refractivity contribution in [3.8, 4) is 0 Å². The van der Waals surface area contributed by atoms with E-state index in [-0.39, 0.29) is 11.8 Å². The van der Waals surface area contributed by atoms with Crippen LogP contribution in [0.1, 0.15) is 36.1 Å². The van der Waals surface area contributed by atoms with Crippen LogP contribution in [-0.4, -0.2) is 24.9 Å². The van der Waals surface area contributed by atoms with Crippen LogP contribution in [0.15, 0.2) is 72.4 Å². The summed E-state index contributed by atoms with van der Waals surface area (Å²) in [6, 6.07) is 21.3. The average molecular weight is 454 g/mol. The van der Waals surface area contributed by atoms with Gasteiger partial charge in [-0.1, -0.05) is 36.4 Å². The van der Waals surface area contributed by atoms with Crippen LogP contribution >= 0.6 is 0 Å². The summed E-state index contributed by atoms with van der Waals surface area (Å²) in [5.74, 6) is -0.662. The van der Waals surface area contributed by atoms with Crippen molar-refractivity contribution in [3.05, 3.63) is 94.7 Å². The molecule has 174 valence electrons. The Bertz CT molecular complexity index is 1270. The Balaban J connectivity index is 1.78. The second kappa shape index (κ2) is 9.56. The van der Waals surface area contributed by atoms with Crippen LogP contribution in [0.2, 0.25) is 0 Å². The van der Waals surface area contributed by atoms with Gasteiger partial charge >= 0.3 is 0 Å². The number of hydrogen-bond donors (Lipinski definition) is 1. The zero-order chi connectivity index (χ0) is 24.4. The Morgan fingerprint density at radius 2 is 1.44 bits per heavy atom. The van der Waals surface area contributed by atoms with E-state index in [1.165, 1.54) is 4.90 Å². The second-order valence-electron chi connectivity index (χ2n) is 8.63. The first-order valence-electron chi connectivity index (χ1n) is 11.7. The fourth-order valence-corrected chi connectivity index (χ4v) is 4.33. The highest BCUT2D eigenvalue weighted by atomic mass is 16.2. The van der Waals surface area contributed by atoms with Crippen molar-refractivity contribution in [1.29, 1.82) is 0 Å². The Hall–Kier alpha value is -3.86. The zero-order valence-corrected chi connectivity index (χ0v) is 20.5. The molecule has 0 unspecified atom stereocenters. The molecule has 3 aromatic carbocycles. The monoisotopic (exact) mass is 453 g/mol. The summed E-state index contributed by atoms with van der Waals surface area (Å²) < 4.78 is 0. The number of amides is 2. The molecule has 0 atom stereocenters. The highest BCUT2D eigenvalue weighted by Gasteiger charge is 2.40. The van der Waals surface area contributed by atoms with Gasteiger partial charge in [-0.2, -0.15) is 0 Å². The highest BCUT2D eigenvalue weighted by molar-refractivity contribution is 6.46. The number of aryl methyl sites for hydroxylation is 3. The predicted molar refractivity (Wildman–Crippen MR) is 140 cm³/mol. The number of nitrogens with zero attached hydrogens (tertiary/aromatic N) is 2. The van der Waals surface area contributed by atoms with Crippen LogP contribution in [0.3, 0.4) is 0 Å². The van der Waals surface area contributed by atoms with Gasteiger partial charge in [0.15, 0.2) is 0 Å². The fourth-order valence-electron chi connectivity index (χ4n) is 4.33. The molecule has 1 heterocycles. The van der Waals surface area contributed by atoms with Gasteiger partial charge in [0.05, 0.1) is 11.3 Å². The third-order valence-corrected chi connectivity index (χ3v) is 6.50. The van der Waals surface area contributed by atoms with Crippen LogP contribution in [-0.2, 0) is 9.59 Å². The van der Waals surface area contributed by atoms with Crippen molar-refractivity contribution < 1.29 is 9.59 Å². The number of benzene rings is 3. The first-order valence-corrected chi connectivity index (χ1v) is 11.7. The number of hydrogen-bond acceptors (Lipinski definition) is 4. The number of carbonyl (C=O) groups excluding carboxylic acids is 2. The average Bonchev–Trinajstić information content (AvgIpc) is 3.07. The minimum absolute atomic E-state index is 0.298. The van der Waals surface area contributed by atoms with E-state index < -0.39 is 0 Å². The second-order valence-corrected chi connectivity index (χ2v) is 8.63. The van der Waals surface area contributed by atoms with E-state index in [1.807, 2.05) is 87.5 Å². The molecule has 34 heavy (non-hydrogen) atoms. The number of anilines is 3. The molecule has 0 saturated heterocycles. The lowest BCUT2D eigenvalue weighted by molar-refractivity contribution is -0.120. The van der Waals surface area contributed by atoms with E-state index in [0.717, 1.165) is 46.7 Å². The molecule has 0 aromatic heterocycles. The van der Waals surface area contributed by atoms with Gasteiger partial charge in [-0.05, 0) is 87.2 Å². The Morgan fingerprint density at radius 1 is 0.765 bits per heavy atom. The van der Waals surface area contributed by atoms with Gasteiger partial charge in [-0.25, -0.2) is 4.90 Å². The molecule has 2 amide bonds. The molecule has 3 aromatic rings. The van der Waals surface area contributed by atoms with Gasteiger partial charge in [0.1, 0.15) is 5.70 Å². The largest absolute Gasteiger partial charge is 0.372 e. The Labute approximate surface area is 201 Å². The summed E-state index contributed by atoms with van der Waals surface area (Å²) >= 11 is 0. The molecule has 0 radical (unpaired) electrons. The topological polar surface area (TPSA) is 52.7 Å². The molecule has 0 bridgehead atoms. The third kappa shape index (κ3) is 4.21. The number of rotatable bonds is 7. The van der Waals surface area contributed by atoms with Crippen molar-refractivity contribution in [2.24, 2.45) is 0 Å². The number of nitrogens with one attached hydrogen (secondary N) is 1. The molecule has 4 rings (SSSR count). The maximum absolute atomic E-state index is 13.7. The van der Waals surface area contributed by atoms with E-state index in [1.54, 1.807) is 0 Å². The minimum Gasteiger partial charge on any atom is -0.372 e. The smallest absolute Gasteiger partial charge is 0.282 e. The highest BCUT2D eigenvalue weighted by Crippen LogP contribution is 2.35. The molecule has 0 saturated carbocycles. The summed E-state index contributed by atoms with van der Waals surface area (Å²) in [6.07, 6.45) is 0. The lowest BCUT2D eigenvalue weighted by Gasteiger charge is -2.21. The predicted octanol–water partition coefficient (Wildman–Crippen LogP) is 5.85. The fraction of sp³-hybridized carbons (Fsp3) is 0.241. The van der Waals surface area contributed by atoms with Crippen LogP contribution in [0, 0.1) is 20.8 Å². The lowest BCUT2D eigenvalue weighted by atomic mass is 9.99. The van der Waals surface area contributed by atoms with E-state index in [0.29, 0.717) is 17.0 Å². The van der Waals surface area contributed by atoms with Crippen LogP contribution in [0.4, 0.5) is 17.1 Å². The van der Waals surface area contributed by atoms with E-state index in [4.69, 9.17) is 0 Å². The summed E-state index contributed by atoms with van der Waals surface area (Å²) in [5.41, 5.74) is 6.99. The Morgan fingerprint density at radius 3 is 2.06 bits per heavy atom. The summed E-state index contributed by atoms with van der Waals surface area (Å²) in [4.78, 5) is 30.9. The standard InChI is InChI=1S/C29H31N3O2/c1-6-31(7-2)24-16-14-23(15-17-24)30-27-26(22-13-12-19(3)21(5)18-22)28(33)32(29(27)34)25-11-9-8-10-20(25)4/h8-18,30H,6-7H2,1-5H3. The molecular weight excluding hydrogens is 422 g/mol. The number of carbonyl (C=O) groups is 2. The minimum atomic E-state index is -0.347. The van der Waals surface area contributed by atoms with Crippen LogP contribution < -0.4 is 15.1 Å². The maximum atomic E-state index is 13.7. The van der Waals surface area contributed by atoms with Gasteiger partial charge in [0, 0.05) is 24.5 Å². The summed E-state index contributed by atoms with van der Waals surface area (Å²) in [5, 5.41) is 3.27. The molecule has 5 nitrogen and oxygen atoms in total. The molecule has 1 N–H and O–H groups in total. The maximum Gasteiger partial charge on any atom is 0.282 e. The zero-order valence-electron chi connectivity index (χ0n) is 20.5.